The van der Waals surface area contributed by atoms with Gasteiger partial charge in [0.15, 0.2) is 0 Å². The second-order valence-electron chi connectivity index (χ2n) is 5.14. The van der Waals surface area contributed by atoms with Gasteiger partial charge in [0.25, 0.3) is 0 Å². The van der Waals surface area contributed by atoms with Crippen LogP contribution >= 0.6 is 12.4 Å². The van der Waals surface area contributed by atoms with Gasteiger partial charge in [0.1, 0.15) is 0 Å². The van der Waals surface area contributed by atoms with Gasteiger partial charge in [0, 0.05) is 32.1 Å². The molecule has 0 aliphatic carbocycles. The first-order valence-electron chi connectivity index (χ1n) is 7.42. The maximum atomic E-state index is 12.3. The predicted molar refractivity (Wildman–Crippen MR) is 86.9 cm³/mol. The van der Waals surface area contributed by atoms with Crippen LogP contribution in [0.5, 0.6) is 0 Å². The summed E-state index contributed by atoms with van der Waals surface area (Å²) in [5, 5.41) is 3.33. The van der Waals surface area contributed by atoms with Gasteiger partial charge in [-0.2, -0.15) is 0 Å². The molecule has 1 aromatic rings. The lowest BCUT2D eigenvalue weighted by atomic mass is 10.1. The molecule has 1 amide bonds. The second-order valence-corrected chi connectivity index (χ2v) is 5.14. The molecule has 1 atom stereocenters. The summed E-state index contributed by atoms with van der Waals surface area (Å²) in [5.74, 6) is 0.214. The normalized spacial score (nSPS) is 17.9. The van der Waals surface area contributed by atoms with Crippen LogP contribution in [0.4, 0.5) is 0 Å². The zero-order chi connectivity index (χ0) is 14.2. The Hall–Kier alpha value is -1.10. The fourth-order valence-electron chi connectivity index (χ4n) is 2.46. The number of carbonyl (C=O) groups is 1. The van der Waals surface area contributed by atoms with Crippen LogP contribution in [0.15, 0.2) is 30.3 Å². The van der Waals surface area contributed by atoms with Crippen LogP contribution in [0.1, 0.15) is 18.9 Å². The molecule has 118 valence electrons. The predicted octanol–water partition coefficient (Wildman–Crippen LogP) is 1.88. The van der Waals surface area contributed by atoms with E-state index in [9.17, 15) is 4.79 Å². The van der Waals surface area contributed by atoms with Crippen LogP contribution in [0.3, 0.4) is 0 Å². The van der Waals surface area contributed by atoms with Gasteiger partial charge in [-0.3, -0.25) is 4.79 Å². The summed E-state index contributed by atoms with van der Waals surface area (Å²) in [4.78, 5) is 14.2. The Bertz CT molecular complexity index is 408. The standard InChI is InChI=1S/C16H24N2O2.ClH/c1-2-18(10-8-14-6-4-3-5-7-14)16(19)12-15-13-20-11-9-17-15;/h3-7,15,17H,2,8-13H2,1H3;1H. The molecule has 5 heteroatoms. The van der Waals surface area contributed by atoms with E-state index in [2.05, 4.69) is 17.4 Å². The molecule has 2 rings (SSSR count). The van der Waals surface area contributed by atoms with Gasteiger partial charge in [0.2, 0.25) is 5.91 Å². The zero-order valence-corrected chi connectivity index (χ0v) is 13.4. The van der Waals surface area contributed by atoms with Crippen molar-refractivity contribution < 1.29 is 9.53 Å². The van der Waals surface area contributed by atoms with E-state index in [0.717, 1.165) is 32.7 Å². The largest absolute Gasteiger partial charge is 0.378 e. The lowest BCUT2D eigenvalue weighted by Gasteiger charge is -2.27. The number of morpholine rings is 1. The molecule has 1 fully saturated rings. The van der Waals surface area contributed by atoms with Gasteiger partial charge >= 0.3 is 0 Å². The van der Waals surface area contributed by atoms with E-state index in [0.29, 0.717) is 13.0 Å². The molecular weight excluding hydrogens is 288 g/mol. The average Bonchev–Trinajstić information content (AvgIpc) is 2.50. The van der Waals surface area contributed by atoms with Crippen molar-refractivity contribution in [2.45, 2.75) is 25.8 Å². The molecule has 1 N–H and O–H groups in total. The Kier molecular flexibility index (Phi) is 8.35. The molecule has 21 heavy (non-hydrogen) atoms. The molecule has 0 radical (unpaired) electrons. The van der Waals surface area contributed by atoms with Crippen LogP contribution < -0.4 is 5.32 Å². The molecule has 1 aromatic carbocycles. The van der Waals surface area contributed by atoms with E-state index in [-0.39, 0.29) is 24.4 Å². The van der Waals surface area contributed by atoms with Crippen LogP contribution in [-0.4, -0.2) is 49.7 Å². The van der Waals surface area contributed by atoms with Crippen molar-refractivity contribution in [2.75, 3.05) is 32.8 Å². The summed E-state index contributed by atoms with van der Waals surface area (Å²) in [7, 11) is 0. The number of likely N-dealkylation sites (N-methyl/N-ethyl adjacent to an activating group) is 1. The fourth-order valence-corrected chi connectivity index (χ4v) is 2.46. The molecule has 0 bridgehead atoms. The fraction of sp³-hybridized carbons (Fsp3) is 0.562. The monoisotopic (exact) mass is 312 g/mol. The van der Waals surface area contributed by atoms with E-state index in [1.54, 1.807) is 0 Å². The molecule has 0 aromatic heterocycles. The van der Waals surface area contributed by atoms with Crippen molar-refractivity contribution in [2.24, 2.45) is 0 Å². The lowest BCUT2D eigenvalue weighted by Crippen LogP contribution is -2.45. The van der Waals surface area contributed by atoms with E-state index in [1.807, 2.05) is 30.0 Å². The van der Waals surface area contributed by atoms with Crippen molar-refractivity contribution in [3.05, 3.63) is 35.9 Å². The van der Waals surface area contributed by atoms with Crippen LogP contribution in [0.2, 0.25) is 0 Å². The Morgan fingerprint density at radius 2 is 2.14 bits per heavy atom. The first-order chi connectivity index (χ1) is 9.79. The van der Waals surface area contributed by atoms with Gasteiger partial charge in [0.05, 0.1) is 13.2 Å². The number of benzene rings is 1. The van der Waals surface area contributed by atoms with Crippen LogP contribution in [0.25, 0.3) is 0 Å². The number of carbonyl (C=O) groups excluding carboxylic acids is 1. The number of nitrogens with zero attached hydrogens (tertiary/aromatic N) is 1. The molecule has 1 unspecified atom stereocenters. The Balaban J connectivity index is 0.00000220. The quantitative estimate of drug-likeness (QED) is 0.872. The Morgan fingerprint density at radius 3 is 2.76 bits per heavy atom. The van der Waals surface area contributed by atoms with E-state index in [4.69, 9.17) is 4.74 Å². The number of hydrogen-bond donors (Lipinski definition) is 1. The zero-order valence-electron chi connectivity index (χ0n) is 12.6. The number of rotatable bonds is 6. The minimum atomic E-state index is 0. The van der Waals surface area contributed by atoms with Crippen molar-refractivity contribution in [1.82, 2.24) is 10.2 Å². The van der Waals surface area contributed by atoms with Gasteiger partial charge in [-0.15, -0.1) is 12.4 Å². The van der Waals surface area contributed by atoms with Crippen LogP contribution in [-0.2, 0) is 16.0 Å². The molecule has 1 saturated heterocycles. The van der Waals surface area contributed by atoms with Crippen molar-refractivity contribution in [3.63, 3.8) is 0 Å². The average molecular weight is 313 g/mol. The summed E-state index contributed by atoms with van der Waals surface area (Å²) in [6, 6.07) is 10.5. The van der Waals surface area contributed by atoms with E-state index < -0.39 is 0 Å². The summed E-state index contributed by atoms with van der Waals surface area (Å²) in [6.07, 6.45) is 1.44. The molecule has 1 aliphatic rings. The van der Waals surface area contributed by atoms with E-state index >= 15 is 0 Å². The Morgan fingerprint density at radius 1 is 1.38 bits per heavy atom. The van der Waals surface area contributed by atoms with E-state index in [1.165, 1.54) is 5.56 Å². The first kappa shape index (κ1) is 18.0. The highest BCUT2D eigenvalue weighted by Crippen LogP contribution is 2.06. The Labute approximate surface area is 133 Å². The molecule has 4 nitrogen and oxygen atoms in total. The maximum Gasteiger partial charge on any atom is 0.224 e. The van der Waals surface area contributed by atoms with Crippen LogP contribution in [0, 0.1) is 0 Å². The first-order valence-corrected chi connectivity index (χ1v) is 7.42. The maximum absolute atomic E-state index is 12.3. The summed E-state index contributed by atoms with van der Waals surface area (Å²) < 4.78 is 5.39. The molecule has 1 aliphatic heterocycles. The van der Waals surface area contributed by atoms with Gasteiger partial charge in [-0.25, -0.2) is 0 Å². The van der Waals surface area contributed by atoms with Crippen molar-refractivity contribution in [1.29, 1.82) is 0 Å². The SMILES string of the molecule is CCN(CCc1ccccc1)C(=O)CC1COCCN1.Cl. The number of nitrogens with one attached hydrogen (secondary N) is 1. The minimum Gasteiger partial charge on any atom is -0.378 e. The smallest absolute Gasteiger partial charge is 0.224 e. The second kappa shape index (κ2) is 9.77. The molecule has 0 saturated carbocycles. The molecular formula is C16H25ClN2O2. The molecule has 0 spiro atoms. The minimum absolute atomic E-state index is 0. The lowest BCUT2D eigenvalue weighted by molar-refractivity contribution is -0.132. The topological polar surface area (TPSA) is 41.6 Å². The van der Waals surface area contributed by atoms with Gasteiger partial charge in [-0.05, 0) is 18.9 Å². The number of amides is 1. The number of ether oxygens (including phenoxy) is 1. The molecule has 1 heterocycles. The van der Waals surface area contributed by atoms with Gasteiger partial charge < -0.3 is 15.0 Å². The summed E-state index contributed by atoms with van der Waals surface area (Å²) in [5.41, 5.74) is 1.28. The van der Waals surface area contributed by atoms with Crippen molar-refractivity contribution >= 4 is 18.3 Å². The number of hydrogen-bond acceptors (Lipinski definition) is 3. The van der Waals surface area contributed by atoms with Gasteiger partial charge in [-0.1, -0.05) is 30.3 Å². The summed E-state index contributed by atoms with van der Waals surface area (Å²) in [6.45, 7) is 5.81. The highest BCUT2D eigenvalue weighted by molar-refractivity contribution is 5.85. The summed E-state index contributed by atoms with van der Waals surface area (Å²) >= 11 is 0. The highest BCUT2D eigenvalue weighted by atomic mass is 35.5. The third kappa shape index (κ3) is 6.04. The van der Waals surface area contributed by atoms with Crippen molar-refractivity contribution in [3.8, 4) is 0 Å². The highest BCUT2D eigenvalue weighted by Gasteiger charge is 2.20. The third-order valence-corrected chi connectivity index (χ3v) is 3.67. The third-order valence-electron chi connectivity index (χ3n) is 3.67. The number of halogens is 1.